The lowest BCUT2D eigenvalue weighted by Crippen LogP contribution is -2.07. The molecule has 5 heteroatoms. The van der Waals surface area contributed by atoms with Crippen LogP contribution in [0.25, 0.3) is 11.2 Å². The number of hydrogen-bond donors (Lipinski definition) is 1. The van der Waals surface area contributed by atoms with E-state index in [0.29, 0.717) is 17.0 Å². The minimum Gasteiger partial charge on any atom is -0.481 e. The van der Waals surface area contributed by atoms with Crippen molar-refractivity contribution >= 4 is 11.2 Å². The number of nitrogens with zero attached hydrogens (tertiary/aromatic N) is 3. The number of rotatable bonds is 4. The van der Waals surface area contributed by atoms with Crippen molar-refractivity contribution in [3.8, 4) is 11.9 Å². The Morgan fingerprint density at radius 2 is 2.00 bits per heavy atom. The maximum Gasteiger partial charge on any atom is 0.296 e. The summed E-state index contributed by atoms with van der Waals surface area (Å²) < 4.78 is 6.88. The first kappa shape index (κ1) is 11.7. The third kappa shape index (κ3) is 1.92. The molecule has 0 unspecified atom stereocenters. The van der Waals surface area contributed by atoms with Crippen LogP contribution in [0, 0.1) is 0 Å². The Bertz CT molecular complexity index is 518. The third-order valence-corrected chi connectivity index (χ3v) is 3.01. The van der Waals surface area contributed by atoms with Crippen LogP contribution >= 0.6 is 0 Å². The molecule has 92 valence electrons. The van der Waals surface area contributed by atoms with E-state index in [9.17, 15) is 5.11 Å². The molecule has 5 nitrogen and oxygen atoms in total. The van der Waals surface area contributed by atoms with Crippen LogP contribution in [0.15, 0.2) is 12.1 Å². The van der Waals surface area contributed by atoms with Gasteiger partial charge in [-0.3, -0.25) is 4.57 Å². The normalized spacial score (nSPS) is 11.3. The monoisotopic (exact) mass is 235 g/mol. The second kappa shape index (κ2) is 4.61. The van der Waals surface area contributed by atoms with Gasteiger partial charge in [0.15, 0.2) is 5.65 Å². The summed E-state index contributed by atoms with van der Waals surface area (Å²) in [5.41, 5.74) is 1.37. The van der Waals surface area contributed by atoms with E-state index < -0.39 is 0 Å². The van der Waals surface area contributed by atoms with Crippen molar-refractivity contribution in [2.24, 2.45) is 0 Å². The average Bonchev–Trinajstić information content (AvgIpc) is 2.67. The fourth-order valence-corrected chi connectivity index (χ4v) is 2.05. The molecule has 0 fully saturated rings. The Labute approximate surface area is 100 Å². The number of imidazole rings is 1. The van der Waals surface area contributed by atoms with Crippen molar-refractivity contribution < 1.29 is 9.84 Å². The average molecular weight is 235 g/mol. The molecule has 2 rings (SSSR count). The topological polar surface area (TPSA) is 60.2 Å². The second-order valence-corrected chi connectivity index (χ2v) is 3.95. The van der Waals surface area contributed by atoms with Gasteiger partial charge in [-0.2, -0.15) is 9.97 Å². The molecular weight excluding hydrogens is 218 g/mol. The van der Waals surface area contributed by atoms with Crippen molar-refractivity contribution in [1.82, 2.24) is 14.5 Å². The first-order valence-corrected chi connectivity index (χ1v) is 5.83. The fourth-order valence-electron chi connectivity index (χ4n) is 2.05. The van der Waals surface area contributed by atoms with E-state index >= 15 is 0 Å². The zero-order valence-electron chi connectivity index (χ0n) is 10.3. The van der Waals surface area contributed by atoms with Crippen molar-refractivity contribution in [3.05, 3.63) is 12.1 Å². The maximum absolute atomic E-state index is 9.90. The van der Waals surface area contributed by atoms with Crippen molar-refractivity contribution in [3.63, 3.8) is 0 Å². The van der Waals surface area contributed by atoms with E-state index in [0.717, 1.165) is 12.8 Å². The molecule has 2 heterocycles. The van der Waals surface area contributed by atoms with Gasteiger partial charge in [-0.05, 0) is 18.9 Å². The molecular formula is C12H17N3O2. The van der Waals surface area contributed by atoms with E-state index in [1.165, 1.54) is 0 Å². The van der Waals surface area contributed by atoms with Gasteiger partial charge in [-0.15, -0.1) is 0 Å². The van der Waals surface area contributed by atoms with Gasteiger partial charge in [0.05, 0.1) is 7.11 Å². The van der Waals surface area contributed by atoms with Crippen molar-refractivity contribution in [1.29, 1.82) is 0 Å². The number of aromatic nitrogens is 3. The summed E-state index contributed by atoms with van der Waals surface area (Å²) >= 11 is 0. The van der Waals surface area contributed by atoms with Crippen LogP contribution in [0.4, 0.5) is 0 Å². The quantitative estimate of drug-likeness (QED) is 0.884. The number of ether oxygens (including phenoxy) is 1. The maximum atomic E-state index is 9.90. The third-order valence-electron chi connectivity index (χ3n) is 3.01. The van der Waals surface area contributed by atoms with Gasteiger partial charge in [0.1, 0.15) is 5.52 Å². The van der Waals surface area contributed by atoms with Gasteiger partial charge in [0, 0.05) is 12.1 Å². The Morgan fingerprint density at radius 3 is 2.59 bits per heavy atom. The highest BCUT2D eigenvalue weighted by Gasteiger charge is 2.17. The molecule has 0 atom stereocenters. The van der Waals surface area contributed by atoms with Crippen LogP contribution in [0.2, 0.25) is 0 Å². The summed E-state index contributed by atoms with van der Waals surface area (Å²) in [6, 6.07) is 3.78. The highest BCUT2D eigenvalue weighted by atomic mass is 16.5. The predicted octanol–water partition coefficient (Wildman–Crippen LogP) is 2.51. The van der Waals surface area contributed by atoms with Crippen LogP contribution in [0.1, 0.15) is 32.7 Å². The van der Waals surface area contributed by atoms with Gasteiger partial charge < -0.3 is 9.84 Å². The second-order valence-electron chi connectivity index (χ2n) is 3.95. The molecule has 0 aliphatic carbocycles. The standard InChI is InChI=1S/C12H17N3O2/c1-4-8(5-2)15-11-9(13-12(15)16)6-7-10(14-11)17-3/h6-8H,4-5H2,1-3H3,(H,13,16). The van der Waals surface area contributed by atoms with E-state index in [4.69, 9.17) is 4.74 Å². The SMILES string of the molecule is CCC(CC)n1c(O)nc2ccc(OC)nc21. The van der Waals surface area contributed by atoms with Gasteiger partial charge >= 0.3 is 0 Å². The Balaban J connectivity index is 2.63. The molecule has 2 aromatic rings. The van der Waals surface area contributed by atoms with E-state index in [1.54, 1.807) is 23.8 Å². The van der Waals surface area contributed by atoms with Gasteiger partial charge in [0.2, 0.25) is 5.88 Å². The van der Waals surface area contributed by atoms with Crippen LogP contribution in [-0.4, -0.2) is 26.8 Å². The first-order valence-electron chi connectivity index (χ1n) is 5.83. The van der Waals surface area contributed by atoms with Crippen LogP contribution in [0.3, 0.4) is 0 Å². The molecule has 0 aliphatic rings. The molecule has 1 N–H and O–H groups in total. The summed E-state index contributed by atoms with van der Waals surface area (Å²) in [5.74, 6) is 0.532. The predicted molar refractivity (Wildman–Crippen MR) is 65.4 cm³/mol. The number of methoxy groups -OCH3 is 1. The Hall–Kier alpha value is -1.78. The lowest BCUT2D eigenvalue weighted by atomic mass is 10.2. The largest absolute Gasteiger partial charge is 0.481 e. The minimum atomic E-state index is 0.0226. The number of aromatic hydroxyl groups is 1. The van der Waals surface area contributed by atoms with Gasteiger partial charge in [-0.1, -0.05) is 13.8 Å². The molecule has 0 spiro atoms. The van der Waals surface area contributed by atoms with Gasteiger partial charge in [0.25, 0.3) is 6.01 Å². The lowest BCUT2D eigenvalue weighted by Gasteiger charge is -2.15. The summed E-state index contributed by atoms with van der Waals surface area (Å²) in [7, 11) is 1.58. The van der Waals surface area contributed by atoms with E-state index in [2.05, 4.69) is 23.8 Å². The van der Waals surface area contributed by atoms with Crippen molar-refractivity contribution in [2.75, 3.05) is 7.11 Å². The minimum absolute atomic E-state index is 0.0226. The molecule has 0 saturated heterocycles. The van der Waals surface area contributed by atoms with Crippen LogP contribution in [0.5, 0.6) is 11.9 Å². The molecule has 17 heavy (non-hydrogen) atoms. The first-order chi connectivity index (χ1) is 8.21. The number of hydrogen-bond acceptors (Lipinski definition) is 4. The molecule has 0 bridgehead atoms. The summed E-state index contributed by atoms with van der Waals surface area (Å²) in [4.78, 5) is 8.46. The highest BCUT2D eigenvalue weighted by Crippen LogP contribution is 2.28. The summed E-state index contributed by atoms with van der Waals surface area (Å²) in [6.07, 6.45) is 1.85. The number of fused-ring (bicyclic) bond motifs is 1. The molecule has 0 radical (unpaired) electrons. The molecule has 0 saturated carbocycles. The van der Waals surface area contributed by atoms with Crippen LogP contribution in [-0.2, 0) is 0 Å². The molecule has 0 aliphatic heterocycles. The summed E-state index contributed by atoms with van der Waals surface area (Å²) in [5, 5.41) is 9.90. The zero-order chi connectivity index (χ0) is 12.4. The summed E-state index contributed by atoms with van der Waals surface area (Å²) in [6.45, 7) is 4.17. The molecule has 2 aromatic heterocycles. The van der Waals surface area contributed by atoms with Crippen LogP contribution < -0.4 is 4.74 Å². The van der Waals surface area contributed by atoms with Gasteiger partial charge in [-0.25, -0.2) is 0 Å². The van der Waals surface area contributed by atoms with E-state index in [-0.39, 0.29) is 12.1 Å². The smallest absolute Gasteiger partial charge is 0.296 e. The Morgan fingerprint density at radius 1 is 1.29 bits per heavy atom. The van der Waals surface area contributed by atoms with E-state index in [1.807, 2.05) is 0 Å². The molecule has 0 amide bonds. The Kier molecular flexibility index (Phi) is 3.17. The highest BCUT2D eigenvalue weighted by molar-refractivity contribution is 5.73. The lowest BCUT2D eigenvalue weighted by molar-refractivity contribution is 0.359. The van der Waals surface area contributed by atoms with Crippen molar-refractivity contribution in [2.45, 2.75) is 32.7 Å². The fraction of sp³-hybridized carbons (Fsp3) is 0.500. The zero-order valence-corrected chi connectivity index (χ0v) is 10.3. The molecule has 0 aromatic carbocycles. The number of pyridine rings is 1.